The van der Waals surface area contributed by atoms with Crippen molar-refractivity contribution in [3.8, 4) is 22.5 Å². The first-order valence-corrected chi connectivity index (χ1v) is 9.59. The van der Waals surface area contributed by atoms with Crippen LogP contribution in [0.25, 0.3) is 22.5 Å². The van der Waals surface area contributed by atoms with Crippen LogP contribution in [0.5, 0.6) is 0 Å². The van der Waals surface area contributed by atoms with Gasteiger partial charge in [0.2, 0.25) is 0 Å². The van der Waals surface area contributed by atoms with Crippen molar-refractivity contribution < 1.29 is 4.74 Å². The molecule has 2 aromatic carbocycles. The molecule has 142 valence electrons. The lowest BCUT2D eigenvalue weighted by Crippen LogP contribution is -2.14. The third-order valence-electron chi connectivity index (χ3n) is 4.47. The molecule has 3 aromatic rings. The van der Waals surface area contributed by atoms with Gasteiger partial charge in [0, 0.05) is 25.3 Å². The Balaban J connectivity index is 1.51. The fourth-order valence-electron chi connectivity index (χ4n) is 3.02. The number of ether oxygens (including phenoxy) is 1. The summed E-state index contributed by atoms with van der Waals surface area (Å²) in [6.45, 7) is 5.66. The lowest BCUT2D eigenvalue weighted by molar-refractivity contribution is 0.143. The molecule has 0 aliphatic carbocycles. The van der Waals surface area contributed by atoms with Crippen molar-refractivity contribution in [2.24, 2.45) is 0 Å². The van der Waals surface area contributed by atoms with E-state index in [1.54, 1.807) is 0 Å². The van der Waals surface area contributed by atoms with Gasteiger partial charge in [0.25, 0.3) is 0 Å². The number of benzene rings is 2. The summed E-state index contributed by atoms with van der Waals surface area (Å²) in [6.07, 6.45) is 3.54. The maximum atomic E-state index is 5.36. The third-order valence-corrected chi connectivity index (χ3v) is 4.47. The Morgan fingerprint density at radius 2 is 1.78 bits per heavy atom. The van der Waals surface area contributed by atoms with E-state index in [1.807, 2.05) is 25.1 Å². The van der Waals surface area contributed by atoms with Crippen molar-refractivity contribution in [3.63, 3.8) is 0 Å². The molecule has 6 heteroatoms. The van der Waals surface area contributed by atoms with Crippen LogP contribution in [0.2, 0.25) is 0 Å². The molecule has 0 saturated carbocycles. The Morgan fingerprint density at radius 1 is 0.963 bits per heavy atom. The molecule has 0 amide bonds. The Bertz CT molecular complexity index is 787. The summed E-state index contributed by atoms with van der Waals surface area (Å²) in [6, 6.07) is 16.8. The van der Waals surface area contributed by atoms with E-state index >= 15 is 0 Å². The number of aromatic nitrogens is 4. The van der Waals surface area contributed by atoms with Gasteiger partial charge in [-0.2, -0.15) is 0 Å². The van der Waals surface area contributed by atoms with Gasteiger partial charge in [0.15, 0.2) is 5.82 Å². The Hall–Kier alpha value is -2.57. The largest absolute Gasteiger partial charge is 0.382 e. The van der Waals surface area contributed by atoms with Crippen molar-refractivity contribution in [3.05, 3.63) is 54.1 Å². The molecule has 27 heavy (non-hydrogen) atoms. The van der Waals surface area contributed by atoms with Gasteiger partial charge in [-0.25, -0.2) is 5.10 Å². The second-order valence-electron chi connectivity index (χ2n) is 6.43. The molecule has 1 aromatic heterocycles. The number of hydrogen-bond acceptors (Lipinski definition) is 5. The summed E-state index contributed by atoms with van der Waals surface area (Å²) in [5, 5.41) is 17.8. The minimum atomic E-state index is 0.681. The van der Waals surface area contributed by atoms with E-state index < -0.39 is 0 Å². The minimum Gasteiger partial charge on any atom is -0.382 e. The van der Waals surface area contributed by atoms with Crippen LogP contribution >= 0.6 is 0 Å². The van der Waals surface area contributed by atoms with Gasteiger partial charge >= 0.3 is 0 Å². The highest BCUT2D eigenvalue weighted by Gasteiger charge is 2.09. The summed E-state index contributed by atoms with van der Waals surface area (Å²) in [7, 11) is 0. The van der Waals surface area contributed by atoms with Crippen molar-refractivity contribution in [2.75, 3.05) is 19.8 Å². The van der Waals surface area contributed by atoms with Gasteiger partial charge in [-0.1, -0.05) is 48.5 Å². The number of rotatable bonds is 11. The zero-order valence-electron chi connectivity index (χ0n) is 15.8. The first-order valence-electron chi connectivity index (χ1n) is 9.59. The van der Waals surface area contributed by atoms with Crippen molar-refractivity contribution in [2.45, 2.75) is 32.7 Å². The van der Waals surface area contributed by atoms with E-state index in [1.165, 1.54) is 18.4 Å². The van der Waals surface area contributed by atoms with E-state index in [0.717, 1.165) is 49.4 Å². The Labute approximate surface area is 160 Å². The third kappa shape index (κ3) is 5.70. The van der Waals surface area contributed by atoms with Crippen molar-refractivity contribution >= 4 is 0 Å². The Morgan fingerprint density at radius 3 is 2.52 bits per heavy atom. The normalized spacial score (nSPS) is 11.0. The molecule has 1 heterocycles. The average Bonchev–Trinajstić information content (AvgIpc) is 3.25. The van der Waals surface area contributed by atoms with E-state index in [0.29, 0.717) is 5.82 Å². The monoisotopic (exact) mass is 365 g/mol. The van der Waals surface area contributed by atoms with Gasteiger partial charge in [-0.3, -0.25) is 0 Å². The van der Waals surface area contributed by atoms with Crippen LogP contribution in [-0.4, -0.2) is 40.4 Å². The molecular formula is C21H27N5O. The SMILES string of the molecule is CCOCCCCCNCc1ccc(-c2ccccc2-c2nnn[nH]2)cc1. The smallest absolute Gasteiger partial charge is 0.180 e. The molecule has 0 radical (unpaired) electrons. The summed E-state index contributed by atoms with van der Waals surface area (Å²) in [5.41, 5.74) is 4.55. The molecular weight excluding hydrogens is 338 g/mol. The summed E-state index contributed by atoms with van der Waals surface area (Å²) < 4.78 is 5.36. The highest BCUT2D eigenvalue weighted by molar-refractivity contribution is 5.80. The van der Waals surface area contributed by atoms with Gasteiger partial charge in [-0.15, -0.1) is 5.10 Å². The molecule has 6 nitrogen and oxygen atoms in total. The second kappa shape index (κ2) is 10.5. The van der Waals surface area contributed by atoms with Crippen LogP contribution in [0.15, 0.2) is 48.5 Å². The number of nitrogens with zero attached hydrogens (tertiary/aromatic N) is 3. The van der Waals surface area contributed by atoms with Crippen LogP contribution < -0.4 is 5.32 Å². The van der Waals surface area contributed by atoms with E-state index in [9.17, 15) is 0 Å². The van der Waals surface area contributed by atoms with Crippen LogP contribution in [-0.2, 0) is 11.3 Å². The number of H-pyrrole nitrogens is 1. The molecule has 0 saturated heterocycles. The van der Waals surface area contributed by atoms with Gasteiger partial charge < -0.3 is 10.1 Å². The van der Waals surface area contributed by atoms with Crippen LogP contribution in [0.1, 0.15) is 31.7 Å². The van der Waals surface area contributed by atoms with Crippen LogP contribution in [0.3, 0.4) is 0 Å². The van der Waals surface area contributed by atoms with Crippen molar-refractivity contribution in [1.29, 1.82) is 0 Å². The summed E-state index contributed by atoms with van der Waals surface area (Å²) in [4.78, 5) is 0. The van der Waals surface area contributed by atoms with Gasteiger partial charge in [-0.05, 0) is 59.8 Å². The predicted molar refractivity (Wildman–Crippen MR) is 107 cm³/mol. The summed E-state index contributed by atoms with van der Waals surface area (Å²) in [5.74, 6) is 0.681. The molecule has 0 bridgehead atoms. The van der Waals surface area contributed by atoms with E-state index in [-0.39, 0.29) is 0 Å². The molecule has 0 unspecified atom stereocenters. The molecule has 0 aliphatic rings. The van der Waals surface area contributed by atoms with E-state index in [4.69, 9.17) is 4.74 Å². The first kappa shape index (κ1) is 19.2. The van der Waals surface area contributed by atoms with Crippen molar-refractivity contribution in [1.82, 2.24) is 25.9 Å². The maximum absolute atomic E-state index is 5.36. The molecule has 2 N–H and O–H groups in total. The fourth-order valence-corrected chi connectivity index (χ4v) is 3.02. The van der Waals surface area contributed by atoms with Crippen LogP contribution in [0.4, 0.5) is 0 Å². The highest BCUT2D eigenvalue weighted by Crippen LogP contribution is 2.29. The second-order valence-corrected chi connectivity index (χ2v) is 6.43. The quantitative estimate of drug-likeness (QED) is 0.505. The predicted octanol–water partition coefficient (Wildman–Crippen LogP) is 3.83. The molecule has 3 rings (SSSR count). The average molecular weight is 365 g/mol. The number of unbranched alkanes of at least 4 members (excludes halogenated alkanes) is 2. The molecule has 0 aliphatic heterocycles. The number of tetrazole rings is 1. The van der Waals surface area contributed by atoms with Crippen LogP contribution in [0, 0.1) is 0 Å². The topological polar surface area (TPSA) is 75.7 Å². The summed E-state index contributed by atoms with van der Waals surface area (Å²) >= 11 is 0. The van der Waals surface area contributed by atoms with Gasteiger partial charge in [0.1, 0.15) is 0 Å². The Kier molecular flexibility index (Phi) is 7.50. The van der Waals surface area contributed by atoms with E-state index in [2.05, 4.69) is 56.3 Å². The maximum Gasteiger partial charge on any atom is 0.180 e. The lowest BCUT2D eigenvalue weighted by Gasteiger charge is -2.09. The molecule has 0 spiro atoms. The number of aromatic amines is 1. The standard InChI is InChI=1S/C21H27N5O/c1-2-27-15-7-3-6-14-22-16-17-10-12-18(13-11-17)19-8-4-5-9-20(19)21-23-25-26-24-21/h4-5,8-13,22H,2-3,6-7,14-16H2,1H3,(H,23,24,25,26). The number of nitrogens with one attached hydrogen (secondary N) is 2. The first-order chi connectivity index (χ1) is 13.4. The zero-order chi connectivity index (χ0) is 18.7. The van der Waals surface area contributed by atoms with Gasteiger partial charge in [0.05, 0.1) is 0 Å². The lowest BCUT2D eigenvalue weighted by atomic mass is 9.98. The zero-order valence-corrected chi connectivity index (χ0v) is 15.8. The fraction of sp³-hybridized carbons (Fsp3) is 0.381. The number of hydrogen-bond donors (Lipinski definition) is 2. The molecule has 0 atom stereocenters. The molecule has 0 fully saturated rings. The highest BCUT2D eigenvalue weighted by atomic mass is 16.5. The minimum absolute atomic E-state index is 0.681.